The minimum absolute atomic E-state index is 0.00765. The van der Waals surface area contributed by atoms with Crippen molar-refractivity contribution in [3.05, 3.63) is 53.1 Å². The molecule has 0 radical (unpaired) electrons. The molecule has 6 heteroatoms. The number of aromatic nitrogens is 2. The first kappa shape index (κ1) is 18.9. The number of piperidine rings is 1. The van der Waals surface area contributed by atoms with Crippen molar-refractivity contribution in [1.29, 1.82) is 0 Å². The average Bonchev–Trinajstić information content (AvgIpc) is 2.74. The molecule has 28 heavy (non-hydrogen) atoms. The van der Waals surface area contributed by atoms with E-state index in [9.17, 15) is 4.79 Å². The van der Waals surface area contributed by atoms with Gasteiger partial charge in [-0.2, -0.15) is 0 Å². The summed E-state index contributed by atoms with van der Waals surface area (Å²) in [6.07, 6.45) is 5.30. The maximum absolute atomic E-state index is 13.2. The molecule has 0 bridgehead atoms. The van der Waals surface area contributed by atoms with E-state index in [2.05, 4.69) is 10.3 Å². The molecule has 0 saturated carbocycles. The van der Waals surface area contributed by atoms with Gasteiger partial charge in [-0.1, -0.05) is 17.7 Å². The highest BCUT2D eigenvalue weighted by Crippen LogP contribution is 2.30. The smallest absolute Gasteiger partial charge is 0.263 e. The number of likely N-dealkylation sites (tertiary alicyclic amines) is 1. The zero-order chi connectivity index (χ0) is 19.5. The van der Waals surface area contributed by atoms with E-state index < -0.39 is 6.10 Å². The van der Waals surface area contributed by atoms with Gasteiger partial charge in [-0.15, -0.1) is 0 Å². The molecule has 2 unspecified atom stereocenters. The molecule has 148 valence electrons. The number of amides is 1. The Hall–Kier alpha value is -2.47. The fraction of sp³-hybridized carbons (Fsp3) is 0.500. The van der Waals surface area contributed by atoms with E-state index in [1.54, 1.807) is 0 Å². The molecule has 4 rings (SSSR count). The van der Waals surface area contributed by atoms with Crippen molar-refractivity contribution < 1.29 is 9.53 Å². The Morgan fingerprint density at radius 1 is 1.29 bits per heavy atom. The number of carbonyl (C=O) groups excluding carboxylic acids is 1. The summed E-state index contributed by atoms with van der Waals surface area (Å²) in [6, 6.07) is 7.74. The van der Waals surface area contributed by atoms with Crippen molar-refractivity contribution in [3.8, 4) is 5.75 Å². The van der Waals surface area contributed by atoms with Gasteiger partial charge in [-0.25, -0.2) is 9.97 Å². The fourth-order valence-electron chi connectivity index (χ4n) is 3.98. The van der Waals surface area contributed by atoms with Crippen LogP contribution in [0.1, 0.15) is 54.9 Å². The maximum atomic E-state index is 13.2. The Labute approximate surface area is 166 Å². The predicted octanol–water partition coefficient (Wildman–Crippen LogP) is 2.95. The van der Waals surface area contributed by atoms with Gasteiger partial charge in [0, 0.05) is 43.5 Å². The Morgan fingerprint density at radius 3 is 2.93 bits per heavy atom. The van der Waals surface area contributed by atoms with Crippen LogP contribution in [0, 0.1) is 6.92 Å². The number of ether oxygens (including phenoxy) is 1. The molecule has 1 N–H and O–H groups in total. The third-order valence-electron chi connectivity index (χ3n) is 5.59. The van der Waals surface area contributed by atoms with Crippen LogP contribution < -0.4 is 10.1 Å². The molecule has 1 fully saturated rings. The molecule has 2 aromatic rings. The van der Waals surface area contributed by atoms with E-state index in [1.165, 1.54) is 11.1 Å². The van der Waals surface area contributed by atoms with E-state index in [0.717, 1.165) is 62.6 Å². The van der Waals surface area contributed by atoms with Gasteiger partial charge in [0.05, 0.1) is 6.04 Å². The molecule has 2 aliphatic heterocycles. The van der Waals surface area contributed by atoms with Gasteiger partial charge in [0.15, 0.2) is 11.9 Å². The molecule has 0 aliphatic carbocycles. The third-order valence-corrected chi connectivity index (χ3v) is 5.59. The minimum Gasteiger partial charge on any atom is -0.481 e. The van der Waals surface area contributed by atoms with Crippen molar-refractivity contribution in [3.63, 3.8) is 0 Å². The Bertz CT molecular complexity index is 837. The molecule has 1 aromatic heterocycles. The van der Waals surface area contributed by atoms with Crippen LogP contribution in [0.4, 0.5) is 0 Å². The largest absolute Gasteiger partial charge is 0.481 e. The van der Waals surface area contributed by atoms with Crippen LogP contribution in [0.2, 0.25) is 0 Å². The van der Waals surface area contributed by atoms with Crippen molar-refractivity contribution >= 4 is 5.91 Å². The molecule has 0 spiro atoms. The van der Waals surface area contributed by atoms with Gasteiger partial charge in [0.1, 0.15) is 5.75 Å². The Morgan fingerprint density at radius 2 is 2.11 bits per heavy atom. The highest BCUT2D eigenvalue weighted by molar-refractivity contribution is 5.81. The number of rotatable bonds is 4. The van der Waals surface area contributed by atoms with Gasteiger partial charge in [0.25, 0.3) is 5.91 Å². The van der Waals surface area contributed by atoms with E-state index in [4.69, 9.17) is 9.72 Å². The van der Waals surface area contributed by atoms with Crippen molar-refractivity contribution in [2.75, 3.05) is 13.1 Å². The molecular formula is C22H28N4O2. The number of nitrogens with one attached hydrogen (secondary N) is 1. The van der Waals surface area contributed by atoms with Gasteiger partial charge in [-0.3, -0.25) is 4.79 Å². The first-order chi connectivity index (χ1) is 13.6. The summed E-state index contributed by atoms with van der Waals surface area (Å²) in [4.78, 5) is 24.6. The molecular weight excluding hydrogens is 352 g/mol. The zero-order valence-electron chi connectivity index (χ0n) is 16.6. The summed E-state index contributed by atoms with van der Waals surface area (Å²) in [5, 5.41) is 3.35. The van der Waals surface area contributed by atoms with Crippen LogP contribution in [0.25, 0.3) is 0 Å². The maximum Gasteiger partial charge on any atom is 0.263 e. The zero-order valence-corrected chi connectivity index (χ0v) is 16.6. The minimum atomic E-state index is -0.537. The molecule has 6 nitrogen and oxygen atoms in total. The molecule has 2 aliphatic rings. The first-order valence-corrected chi connectivity index (χ1v) is 10.2. The number of hydrogen-bond acceptors (Lipinski definition) is 5. The Kier molecular flexibility index (Phi) is 5.57. The second-order valence-corrected chi connectivity index (χ2v) is 7.74. The van der Waals surface area contributed by atoms with Gasteiger partial charge in [-0.05, 0) is 45.2 Å². The standard InChI is InChI=1S/C22H28N4O2/c1-15-6-8-18(9-7-15)28-16(2)22(27)26-12-4-3-5-20(26)21-24-14-17-13-23-11-10-19(17)25-21/h6-9,14,16,20,23H,3-5,10-13H2,1-2H3. The van der Waals surface area contributed by atoms with Crippen LogP contribution in [0.3, 0.4) is 0 Å². The number of fused-ring (bicyclic) bond motifs is 1. The van der Waals surface area contributed by atoms with Crippen LogP contribution in [-0.4, -0.2) is 40.0 Å². The van der Waals surface area contributed by atoms with Gasteiger partial charge in [0.2, 0.25) is 0 Å². The number of nitrogens with zero attached hydrogens (tertiary/aromatic N) is 3. The molecule has 3 heterocycles. The number of hydrogen-bond donors (Lipinski definition) is 1. The summed E-state index contributed by atoms with van der Waals surface area (Å²) >= 11 is 0. The van der Waals surface area contributed by atoms with Crippen molar-refractivity contribution in [1.82, 2.24) is 20.2 Å². The number of aryl methyl sites for hydroxylation is 1. The summed E-state index contributed by atoms with van der Waals surface area (Å²) in [6.45, 7) is 6.36. The van der Waals surface area contributed by atoms with E-state index >= 15 is 0 Å². The van der Waals surface area contributed by atoms with Crippen molar-refractivity contribution in [2.24, 2.45) is 0 Å². The fourth-order valence-corrected chi connectivity index (χ4v) is 3.98. The highest BCUT2D eigenvalue weighted by Gasteiger charge is 2.33. The van der Waals surface area contributed by atoms with Crippen LogP contribution in [0.5, 0.6) is 5.75 Å². The van der Waals surface area contributed by atoms with Crippen LogP contribution >= 0.6 is 0 Å². The summed E-state index contributed by atoms with van der Waals surface area (Å²) in [5.74, 6) is 1.50. The monoisotopic (exact) mass is 380 g/mol. The number of carbonyl (C=O) groups is 1. The second kappa shape index (κ2) is 8.27. The predicted molar refractivity (Wildman–Crippen MR) is 107 cm³/mol. The van der Waals surface area contributed by atoms with Crippen LogP contribution in [0.15, 0.2) is 30.5 Å². The quantitative estimate of drug-likeness (QED) is 0.883. The topological polar surface area (TPSA) is 67.3 Å². The summed E-state index contributed by atoms with van der Waals surface area (Å²) < 4.78 is 5.92. The average molecular weight is 380 g/mol. The summed E-state index contributed by atoms with van der Waals surface area (Å²) in [7, 11) is 0. The molecule has 1 amide bonds. The highest BCUT2D eigenvalue weighted by atomic mass is 16.5. The molecule has 1 saturated heterocycles. The van der Waals surface area contributed by atoms with Crippen molar-refractivity contribution in [2.45, 2.75) is 58.2 Å². The lowest BCUT2D eigenvalue weighted by Crippen LogP contribution is -2.45. The lowest BCUT2D eigenvalue weighted by atomic mass is 10.00. The van der Waals surface area contributed by atoms with E-state index in [1.807, 2.05) is 49.2 Å². The normalized spacial score (nSPS) is 20.4. The SMILES string of the molecule is Cc1ccc(OC(C)C(=O)N2CCCCC2c2ncc3c(n2)CCNC3)cc1. The van der Waals surface area contributed by atoms with E-state index in [-0.39, 0.29) is 11.9 Å². The molecule has 1 aromatic carbocycles. The van der Waals surface area contributed by atoms with E-state index in [0.29, 0.717) is 0 Å². The van der Waals surface area contributed by atoms with Gasteiger partial charge >= 0.3 is 0 Å². The molecule has 2 atom stereocenters. The first-order valence-electron chi connectivity index (χ1n) is 10.2. The van der Waals surface area contributed by atoms with Gasteiger partial charge < -0.3 is 15.0 Å². The Balaban J connectivity index is 1.51. The second-order valence-electron chi connectivity index (χ2n) is 7.74. The number of benzene rings is 1. The van der Waals surface area contributed by atoms with Crippen LogP contribution in [-0.2, 0) is 17.8 Å². The lowest BCUT2D eigenvalue weighted by molar-refractivity contribution is -0.142. The lowest BCUT2D eigenvalue weighted by Gasteiger charge is -2.36. The summed E-state index contributed by atoms with van der Waals surface area (Å²) in [5.41, 5.74) is 3.45. The third kappa shape index (κ3) is 4.02.